The van der Waals surface area contributed by atoms with Gasteiger partial charge in [-0.25, -0.2) is 9.69 Å². The molecule has 5 rings (SSSR count). The molecule has 1 saturated heterocycles. The second-order valence-electron chi connectivity index (χ2n) is 9.09. The summed E-state index contributed by atoms with van der Waals surface area (Å²) in [5.41, 5.74) is 2.14. The van der Waals surface area contributed by atoms with Crippen molar-refractivity contribution in [3.8, 4) is 17.2 Å². The fraction of sp³-hybridized carbons (Fsp3) is 0.129. The number of carbonyl (C=O) groups excluding carboxylic acids is 3. The van der Waals surface area contributed by atoms with Crippen LogP contribution in [0.25, 0.3) is 16.8 Å². The molecule has 0 unspecified atom stereocenters. The van der Waals surface area contributed by atoms with E-state index < -0.39 is 24.4 Å². The second-order valence-corrected chi connectivity index (χ2v) is 10.3. The lowest BCUT2D eigenvalue weighted by Crippen LogP contribution is -2.38. The molecule has 10 heteroatoms. The number of anilines is 1. The van der Waals surface area contributed by atoms with Crippen LogP contribution in [0.5, 0.6) is 17.2 Å². The van der Waals surface area contributed by atoms with E-state index in [1.807, 2.05) is 30.3 Å². The summed E-state index contributed by atoms with van der Waals surface area (Å²) in [5.74, 6) is 0.360. The van der Waals surface area contributed by atoms with Crippen LogP contribution in [-0.2, 0) is 16.2 Å². The number of amides is 4. The van der Waals surface area contributed by atoms with Gasteiger partial charge in [0.25, 0.3) is 5.91 Å². The van der Waals surface area contributed by atoms with Crippen LogP contribution in [0, 0.1) is 3.57 Å². The highest BCUT2D eigenvalue weighted by Gasteiger charge is 2.35. The van der Waals surface area contributed by atoms with E-state index in [1.54, 1.807) is 30.3 Å². The first-order valence-corrected chi connectivity index (χ1v) is 13.7. The molecule has 4 aromatic rings. The summed E-state index contributed by atoms with van der Waals surface area (Å²) >= 11 is 2.15. The highest BCUT2D eigenvalue weighted by Crippen LogP contribution is 2.36. The third-order valence-corrected chi connectivity index (χ3v) is 7.26. The van der Waals surface area contributed by atoms with E-state index in [0.29, 0.717) is 35.1 Å². The Hall–Kier alpha value is -4.58. The summed E-state index contributed by atoms with van der Waals surface area (Å²) in [7, 11) is 3.02. The molecular weight excluding hydrogens is 637 g/mol. The molecule has 4 amide bonds. The van der Waals surface area contributed by atoms with Crippen LogP contribution in [0.15, 0.2) is 84.6 Å². The van der Waals surface area contributed by atoms with Gasteiger partial charge in [0.05, 0.1) is 23.5 Å². The molecular formula is C31H26IN3O6. The number of para-hydroxylation sites is 2. The molecule has 4 aromatic carbocycles. The minimum atomic E-state index is -0.687. The number of hydrogen-bond donors (Lipinski definition) is 2. The predicted molar refractivity (Wildman–Crippen MR) is 164 cm³/mol. The van der Waals surface area contributed by atoms with Crippen molar-refractivity contribution in [1.82, 2.24) is 10.2 Å². The second kappa shape index (κ2) is 12.3. The normalized spacial score (nSPS) is 13.8. The van der Waals surface area contributed by atoms with Gasteiger partial charge in [-0.2, -0.15) is 0 Å². The Morgan fingerprint density at radius 3 is 2.49 bits per heavy atom. The number of methoxy groups -OCH3 is 2. The Morgan fingerprint density at radius 2 is 1.68 bits per heavy atom. The smallest absolute Gasteiger partial charge is 0.329 e. The monoisotopic (exact) mass is 663 g/mol. The Balaban J connectivity index is 1.30. The molecule has 0 saturated carbocycles. The quantitative estimate of drug-likeness (QED) is 0.138. The van der Waals surface area contributed by atoms with Crippen molar-refractivity contribution < 1.29 is 28.6 Å². The molecule has 0 aliphatic carbocycles. The molecule has 0 aromatic heterocycles. The van der Waals surface area contributed by atoms with Crippen LogP contribution in [0.1, 0.15) is 11.1 Å². The molecule has 0 radical (unpaired) electrons. The van der Waals surface area contributed by atoms with Crippen LogP contribution in [-0.4, -0.2) is 43.5 Å². The van der Waals surface area contributed by atoms with Crippen molar-refractivity contribution in [2.24, 2.45) is 0 Å². The van der Waals surface area contributed by atoms with Gasteiger partial charge in [0.2, 0.25) is 5.91 Å². The average molecular weight is 663 g/mol. The molecule has 2 N–H and O–H groups in total. The first kappa shape index (κ1) is 28.0. The van der Waals surface area contributed by atoms with Gasteiger partial charge >= 0.3 is 6.03 Å². The lowest BCUT2D eigenvalue weighted by Gasteiger charge is -2.15. The van der Waals surface area contributed by atoms with Gasteiger partial charge in [0, 0.05) is 0 Å². The van der Waals surface area contributed by atoms with Crippen LogP contribution in [0.3, 0.4) is 0 Å². The summed E-state index contributed by atoms with van der Waals surface area (Å²) in [6, 6.07) is 23.9. The van der Waals surface area contributed by atoms with Gasteiger partial charge < -0.3 is 24.8 Å². The van der Waals surface area contributed by atoms with E-state index in [0.717, 1.165) is 24.8 Å². The zero-order valence-corrected chi connectivity index (χ0v) is 24.4. The first-order valence-electron chi connectivity index (χ1n) is 12.6. The van der Waals surface area contributed by atoms with Gasteiger partial charge in [0.15, 0.2) is 11.5 Å². The number of rotatable bonds is 9. The highest BCUT2D eigenvalue weighted by molar-refractivity contribution is 14.1. The Morgan fingerprint density at radius 1 is 0.951 bits per heavy atom. The Labute approximate surface area is 250 Å². The number of nitrogens with zero attached hydrogens (tertiary/aromatic N) is 1. The predicted octanol–water partition coefficient (Wildman–Crippen LogP) is 5.57. The van der Waals surface area contributed by atoms with E-state index in [-0.39, 0.29) is 5.70 Å². The van der Waals surface area contributed by atoms with Crippen LogP contribution < -0.4 is 24.8 Å². The molecule has 9 nitrogen and oxygen atoms in total. The molecule has 0 atom stereocenters. The zero-order chi connectivity index (χ0) is 28.9. The standard InChI is InChI=1S/C31H26IN3O6/c1-39-26-13-6-5-12-24(26)33-28(36)17-35-30(37)25(34-31(35)38)15-19-14-23(32)29(27(16-19)40-2)41-18-21-10-7-9-20-8-3-4-11-22(20)21/h3-16H,17-18H2,1-2H3,(H,33,36)(H,34,38)/b25-15+. The Kier molecular flexibility index (Phi) is 8.39. The van der Waals surface area contributed by atoms with Gasteiger partial charge in [-0.1, -0.05) is 54.6 Å². The number of nitrogens with one attached hydrogen (secondary N) is 2. The lowest BCUT2D eigenvalue weighted by atomic mass is 10.1. The number of benzene rings is 4. The third-order valence-electron chi connectivity index (χ3n) is 6.46. The number of carbonyl (C=O) groups is 3. The maximum atomic E-state index is 13.0. The van der Waals surface area contributed by atoms with Crippen molar-refractivity contribution in [1.29, 1.82) is 0 Å². The fourth-order valence-electron chi connectivity index (χ4n) is 4.49. The average Bonchev–Trinajstić information content (AvgIpc) is 3.23. The molecule has 1 aliphatic heterocycles. The van der Waals surface area contributed by atoms with E-state index in [4.69, 9.17) is 14.2 Å². The number of urea groups is 1. The van der Waals surface area contributed by atoms with Crippen LogP contribution in [0.4, 0.5) is 10.5 Å². The number of fused-ring (bicyclic) bond motifs is 1. The molecule has 41 heavy (non-hydrogen) atoms. The Bertz CT molecular complexity index is 1680. The molecule has 0 spiro atoms. The maximum absolute atomic E-state index is 13.0. The molecule has 0 bridgehead atoms. The van der Waals surface area contributed by atoms with Gasteiger partial charge in [0.1, 0.15) is 24.6 Å². The number of imide groups is 1. The largest absolute Gasteiger partial charge is 0.495 e. The van der Waals surface area contributed by atoms with E-state index in [1.165, 1.54) is 20.3 Å². The minimum Gasteiger partial charge on any atom is -0.495 e. The van der Waals surface area contributed by atoms with E-state index >= 15 is 0 Å². The summed E-state index contributed by atoms with van der Waals surface area (Å²) in [6.45, 7) is -0.115. The molecule has 208 valence electrons. The zero-order valence-electron chi connectivity index (χ0n) is 22.3. The van der Waals surface area contributed by atoms with E-state index in [9.17, 15) is 14.4 Å². The maximum Gasteiger partial charge on any atom is 0.329 e. The lowest BCUT2D eigenvalue weighted by molar-refractivity contribution is -0.127. The SMILES string of the molecule is COc1ccccc1NC(=O)CN1C(=O)N/C(=C/c2cc(I)c(OCc3cccc4ccccc34)c(OC)c2)C1=O. The van der Waals surface area contributed by atoms with Crippen LogP contribution in [0.2, 0.25) is 0 Å². The van der Waals surface area contributed by atoms with Crippen molar-refractivity contribution in [2.75, 3.05) is 26.1 Å². The van der Waals surface area contributed by atoms with Crippen molar-refractivity contribution in [3.05, 3.63) is 99.3 Å². The molecule has 1 heterocycles. The summed E-state index contributed by atoms with van der Waals surface area (Å²) in [6.07, 6.45) is 1.54. The fourth-order valence-corrected chi connectivity index (χ4v) is 5.28. The summed E-state index contributed by atoms with van der Waals surface area (Å²) in [5, 5.41) is 7.46. The van der Waals surface area contributed by atoms with Gasteiger partial charge in [-0.15, -0.1) is 0 Å². The van der Waals surface area contributed by atoms with Gasteiger partial charge in [-0.05, 0) is 74.8 Å². The van der Waals surface area contributed by atoms with Gasteiger partial charge in [-0.3, -0.25) is 9.59 Å². The third kappa shape index (κ3) is 6.12. The topological polar surface area (TPSA) is 106 Å². The van der Waals surface area contributed by atoms with Crippen LogP contribution >= 0.6 is 22.6 Å². The van der Waals surface area contributed by atoms with Crippen molar-refractivity contribution >= 4 is 63.0 Å². The summed E-state index contributed by atoms with van der Waals surface area (Å²) in [4.78, 5) is 39.0. The number of hydrogen-bond acceptors (Lipinski definition) is 6. The minimum absolute atomic E-state index is 0.0439. The molecule has 1 aliphatic rings. The highest BCUT2D eigenvalue weighted by atomic mass is 127. The number of ether oxygens (including phenoxy) is 3. The van der Waals surface area contributed by atoms with Crippen molar-refractivity contribution in [2.45, 2.75) is 6.61 Å². The number of halogens is 1. The van der Waals surface area contributed by atoms with Crippen molar-refractivity contribution in [3.63, 3.8) is 0 Å². The summed E-state index contributed by atoms with van der Waals surface area (Å²) < 4.78 is 17.8. The van der Waals surface area contributed by atoms with E-state index in [2.05, 4.69) is 51.4 Å². The first-order chi connectivity index (χ1) is 19.9. The molecule has 1 fully saturated rings.